The summed E-state index contributed by atoms with van der Waals surface area (Å²) in [5, 5.41) is 11.5. The number of hydrogen-bond acceptors (Lipinski definition) is 2. The molecule has 0 bridgehead atoms. The minimum Gasteiger partial charge on any atom is -0.481 e. The Morgan fingerprint density at radius 3 is 2.52 bits per heavy atom. The summed E-state index contributed by atoms with van der Waals surface area (Å²) in [5.41, 5.74) is 1.20. The molecule has 6 heteroatoms. The predicted molar refractivity (Wildman–Crippen MR) is 77.5 cm³/mol. The van der Waals surface area contributed by atoms with E-state index in [-0.39, 0.29) is 18.4 Å². The fourth-order valence-corrected chi connectivity index (χ4v) is 1.83. The second kappa shape index (κ2) is 7.06. The van der Waals surface area contributed by atoms with Crippen molar-refractivity contribution < 1.29 is 19.1 Å². The zero-order valence-corrected chi connectivity index (χ0v) is 12.7. The highest BCUT2D eigenvalue weighted by Crippen LogP contribution is 2.16. The van der Waals surface area contributed by atoms with Gasteiger partial charge in [-0.3, -0.25) is 4.79 Å². The number of urea groups is 1. The molecule has 2 amide bonds. The molecule has 0 saturated carbocycles. The molecule has 0 fully saturated rings. The van der Waals surface area contributed by atoms with Gasteiger partial charge in [0, 0.05) is 13.6 Å². The van der Waals surface area contributed by atoms with E-state index in [9.17, 15) is 14.0 Å². The van der Waals surface area contributed by atoms with Crippen molar-refractivity contribution in [1.82, 2.24) is 10.2 Å². The molecule has 0 radical (unpaired) electrons. The number of nitrogens with zero attached hydrogens (tertiary/aromatic N) is 1. The monoisotopic (exact) mass is 296 g/mol. The molecule has 1 aromatic carbocycles. The quantitative estimate of drug-likeness (QED) is 0.877. The molecule has 116 valence electrons. The number of aryl methyl sites for hydroxylation is 1. The number of halogens is 1. The highest BCUT2D eigenvalue weighted by atomic mass is 19.1. The predicted octanol–water partition coefficient (Wildman–Crippen LogP) is 2.56. The third kappa shape index (κ3) is 4.73. The maximum Gasteiger partial charge on any atom is 0.317 e. The van der Waals surface area contributed by atoms with Gasteiger partial charge in [-0.1, -0.05) is 19.1 Å². The minimum absolute atomic E-state index is 0.107. The van der Waals surface area contributed by atoms with Crippen LogP contribution in [0.5, 0.6) is 0 Å². The van der Waals surface area contributed by atoms with Gasteiger partial charge >= 0.3 is 12.0 Å². The first-order chi connectivity index (χ1) is 9.72. The van der Waals surface area contributed by atoms with Gasteiger partial charge in [0.05, 0.1) is 12.0 Å². The zero-order chi connectivity index (χ0) is 16.2. The van der Waals surface area contributed by atoms with Gasteiger partial charge < -0.3 is 15.3 Å². The number of carboxylic acid groups (broad SMARTS) is 1. The Morgan fingerprint density at radius 1 is 1.38 bits per heavy atom. The molecule has 5 nitrogen and oxygen atoms in total. The Balaban J connectivity index is 2.64. The lowest BCUT2D eigenvalue weighted by atomic mass is 10.1. The van der Waals surface area contributed by atoms with Crippen molar-refractivity contribution in [2.24, 2.45) is 5.92 Å². The van der Waals surface area contributed by atoms with E-state index in [1.165, 1.54) is 24.9 Å². The molecule has 0 spiro atoms. The average molecular weight is 296 g/mol. The smallest absolute Gasteiger partial charge is 0.317 e. The van der Waals surface area contributed by atoms with Gasteiger partial charge in [0.1, 0.15) is 5.82 Å². The highest BCUT2D eigenvalue weighted by Gasteiger charge is 2.19. The van der Waals surface area contributed by atoms with Gasteiger partial charge in [-0.15, -0.1) is 0 Å². The third-order valence-corrected chi connectivity index (χ3v) is 3.35. The van der Waals surface area contributed by atoms with E-state index >= 15 is 0 Å². The summed E-state index contributed by atoms with van der Waals surface area (Å²) in [7, 11) is 1.53. The number of amides is 2. The maximum atomic E-state index is 13.5. The van der Waals surface area contributed by atoms with E-state index in [4.69, 9.17) is 5.11 Å². The van der Waals surface area contributed by atoms with E-state index in [2.05, 4.69) is 5.32 Å². The van der Waals surface area contributed by atoms with Crippen LogP contribution in [0.1, 0.15) is 31.0 Å². The topological polar surface area (TPSA) is 69.6 Å². The van der Waals surface area contributed by atoms with Gasteiger partial charge in [-0.2, -0.15) is 0 Å². The lowest BCUT2D eigenvalue weighted by Crippen LogP contribution is -2.41. The molecule has 1 aromatic rings. The lowest BCUT2D eigenvalue weighted by molar-refractivity contribution is -0.141. The van der Waals surface area contributed by atoms with Gasteiger partial charge in [0.25, 0.3) is 0 Å². The van der Waals surface area contributed by atoms with Gasteiger partial charge in [-0.25, -0.2) is 9.18 Å². The summed E-state index contributed by atoms with van der Waals surface area (Å²) in [6, 6.07) is 4.04. The molecule has 1 unspecified atom stereocenters. The number of carboxylic acids is 1. The van der Waals surface area contributed by atoms with Crippen molar-refractivity contribution in [3.05, 3.63) is 35.1 Å². The fourth-order valence-electron chi connectivity index (χ4n) is 1.83. The lowest BCUT2D eigenvalue weighted by Gasteiger charge is -2.23. The second-order valence-corrected chi connectivity index (χ2v) is 5.30. The molecule has 0 aliphatic rings. The minimum atomic E-state index is -0.955. The molecule has 0 heterocycles. The van der Waals surface area contributed by atoms with E-state index in [0.29, 0.717) is 11.1 Å². The summed E-state index contributed by atoms with van der Waals surface area (Å²) in [6.45, 7) is 5.06. The van der Waals surface area contributed by atoms with Crippen LogP contribution in [0.2, 0.25) is 0 Å². The number of nitrogens with one attached hydrogen (secondary N) is 1. The van der Waals surface area contributed by atoms with Crippen molar-refractivity contribution in [3.8, 4) is 0 Å². The summed E-state index contributed by atoms with van der Waals surface area (Å²) in [5.74, 6) is -1.92. The van der Waals surface area contributed by atoms with Crippen LogP contribution in [0.25, 0.3) is 0 Å². The van der Waals surface area contributed by atoms with E-state index in [1.807, 2.05) is 0 Å². The number of hydrogen-bond donors (Lipinski definition) is 2. The molecule has 0 saturated heterocycles. The van der Waals surface area contributed by atoms with Gasteiger partial charge in [0.2, 0.25) is 0 Å². The third-order valence-electron chi connectivity index (χ3n) is 3.35. The number of carbonyl (C=O) groups is 2. The van der Waals surface area contributed by atoms with Crippen LogP contribution < -0.4 is 5.32 Å². The molecule has 0 aliphatic carbocycles. The van der Waals surface area contributed by atoms with Gasteiger partial charge in [0.15, 0.2) is 0 Å². The zero-order valence-electron chi connectivity index (χ0n) is 12.7. The standard InChI is InChI=1S/C15H21FN2O3/c1-9-5-6-12(7-13(9)16)11(3)17-15(21)18(4)8-10(2)14(19)20/h5-7,10-11H,8H2,1-4H3,(H,17,21)(H,19,20)/t10?,11-/m1/s1. The maximum absolute atomic E-state index is 13.5. The number of aliphatic carboxylic acids is 1. The molecular weight excluding hydrogens is 275 g/mol. The Kier molecular flexibility index (Phi) is 5.69. The van der Waals surface area contributed by atoms with Crippen molar-refractivity contribution in [3.63, 3.8) is 0 Å². The van der Waals surface area contributed by atoms with Crippen molar-refractivity contribution in [1.29, 1.82) is 0 Å². The molecule has 21 heavy (non-hydrogen) atoms. The molecular formula is C15H21FN2O3. The molecule has 2 N–H and O–H groups in total. The SMILES string of the molecule is Cc1ccc([C@@H](C)NC(=O)N(C)CC(C)C(=O)O)cc1F. The normalized spacial score (nSPS) is 13.4. The number of benzene rings is 1. The molecule has 1 rings (SSSR count). The Hall–Kier alpha value is -2.11. The highest BCUT2D eigenvalue weighted by molar-refractivity contribution is 5.76. The van der Waals surface area contributed by atoms with Crippen LogP contribution in [0, 0.1) is 18.7 Å². The summed E-state index contributed by atoms with van der Waals surface area (Å²) >= 11 is 0. The Labute approximate surface area is 123 Å². The molecule has 0 aromatic heterocycles. The van der Waals surface area contributed by atoms with Crippen molar-refractivity contribution >= 4 is 12.0 Å². The van der Waals surface area contributed by atoms with E-state index < -0.39 is 17.9 Å². The van der Waals surface area contributed by atoms with Crippen LogP contribution >= 0.6 is 0 Å². The first-order valence-corrected chi connectivity index (χ1v) is 6.72. The van der Waals surface area contributed by atoms with Crippen LogP contribution in [0.4, 0.5) is 9.18 Å². The first kappa shape index (κ1) is 16.9. The van der Waals surface area contributed by atoms with E-state index in [1.54, 1.807) is 26.0 Å². The fraction of sp³-hybridized carbons (Fsp3) is 0.467. The average Bonchev–Trinajstić information content (AvgIpc) is 2.41. The van der Waals surface area contributed by atoms with Gasteiger partial charge in [-0.05, 0) is 31.0 Å². The van der Waals surface area contributed by atoms with Crippen LogP contribution in [0.15, 0.2) is 18.2 Å². The largest absolute Gasteiger partial charge is 0.481 e. The number of carbonyl (C=O) groups excluding carboxylic acids is 1. The Bertz CT molecular complexity index is 534. The summed E-state index contributed by atoms with van der Waals surface area (Å²) in [4.78, 5) is 24.0. The number of rotatable bonds is 5. The van der Waals surface area contributed by atoms with Crippen molar-refractivity contribution in [2.75, 3.05) is 13.6 Å². The Morgan fingerprint density at radius 2 is 2.00 bits per heavy atom. The summed E-state index contributed by atoms with van der Waals surface area (Å²) < 4.78 is 13.5. The second-order valence-electron chi connectivity index (χ2n) is 5.30. The molecule has 2 atom stereocenters. The van der Waals surface area contributed by atoms with Crippen LogP contribution in [-0.4, -0.2) is 35.6 Å². The molecule has 0 aliphatic heterocycles. The first-order valence-electron chi connectivity index (χ1n) is 6.72. The van der Waals surface area contributed by atoms with Crippen LogP contribution in [0.3, 0.4) is 0 Å². The van der Waals surface area contributed by atoms with Crippen molar-refractivity contribution in [2.45, 2.75) is 26.8 Å². The summed E-state index contributed by atoms with van der Waals surface area (Å²) in [6.07, 6.45) is 0. The van der Waals surface area contributed by atoms with E-state index in [0.717, 1.165) is 0 Å². The van der Waals surface area contributed by atoms with Crippen LogP contribution in [-0.2, 0) is 4.79 Å².